The molecule has 0 heterocycles. The van der Waals surface area contributed by atoms with Gasteiger partial charge < -0.3 is 15.2 Å². The van der Waals surface area contributed by atoms with Crippen LogP contribution in [0, 0.1) is 11.7 Å². The summed E-state index contributed by atoms with van der Waals surface area (Å²) >= 11 is 0. The number of hydrogen-bond donors (Lipinski definition) is 1. The number of halogens is 1. The lowest BCUT2D eigenvalue weighted by Crippen LogP contribution is -2.43. The zero-order chi connectivity index (χ0) is 14.7. The molecule has 5 heteroatoms. The maximum atomic E-state index is 13.5. The maximum Gasteiger partial charge on any atom is 0.172 e. The molecule has 0 radical (unpaired) electrons. The Labute approximate surface area is 118 Å². The summed E-state index contributed by atoms with van der Waals surface area (Å²) in [6, 6.07) is 4.32. The molecule has 20 heavy (non-hydrogen) atoms. The number of nitrogens with two attached hydrogens (primary N) is 1. The molecular weight excluding hydrogens is 261 g/mol. The Balaban J connectivity index is 1.95. The zero-order valence-corrected chi connectivity index (χ0v) is 11.8. The van der Waals surface area contributed by atoms with Crippen LogP contribution in [-0.2, 0) is 4.79 Å². The number of ketones is 1. The summed E-state index contributed by atoms with van der Waals surface area (Å²) in [6.07, 6.45) is 1.59. The Hall–Kier alpha value is -1.62. The SMILES string of the molecule is CC(C)C(=O)COc1cc(F)cc(O[C@H]2C[C@@H](N)C2)c1. The van der Waals surface area contributed by atoms with Crippen molar-refractivity contribution >= 4 is 5.78 Å². The van der Waals surface area contributed by atoms with Crippen LogP contribution in [0.15, 0.2) is 18.2 Å². The summed E-state index contributed by atoms with van der Waals surface area (Å²) < 4.78 is 24.4. The molecule has 0 unspecified atom stereocenters. The first-order chi connectivity index (χ1) is 9.44. The van der Waals surface area contributed by atoms with Crippen molar-refractivity contribution in [3.05, 3.63) is 24.0 Å². The van der Waals surface area contributed by atoms with Crippen molar-refractivity contribution in [1.29, 1.82) is 0 Å². The fourth-order valence-corrected chi connectivity index (χ4v) is 1.90. The van der Waals surface area contributed by atoms with Crippen LogP contribution in [0.3, 0.4) is 0 Å². The maximum absolute atomic E-state index is 13.5. The number of carbonyl (C=O) groups excluding carboxylic acids is 1. The third-order valence-electron chi connectivity index (χ3n) is 3.30. The third-order valence-corrected chi connectivity index (χ3v) is 3.30. The first-order valence-electron chi connectivity index (χ1n) is 6.82. The van der Waals surface area contributed by atoms with Crippen molar-refractivity contribution in [3.8, 4) is 11.5 Å². The van der Waals surface area contributed by atoms with Crippen molar-refractivity contribution < 1.29 is 18.7 Å². The van der Waals surface area contributed by atoms with Crippen LogP contribution in [0.1, 0.15) is 26.7 Å². The summed E-state index contributed by atoms with van der Waals surface area (Å²) in [5, 5.41) is 0. The molecule has 110 valence electrons. The van der Waals surface area contributed by atoms with Crippen LogP contribution in [0.5, 0.6) is 11.5 Å². The molecular formula is C15H20FNO3. The Kier molecular flexibility index (Phi) is 4.60. The average molecular weight is 281 g/mol. The van der Waals surface area contributed by atoms with E-state index in [1.165, 1.54) is 12.1 Å². The van der Waals surface area contributed by atoms with Gasteiger partial charge in [-0.25, -0.2) is 4.39 Å². The minimum Gasteiger partial charge on any atom is -0.490 e. The molecule has 1 aliphatic rings. The number of hydrogen-bond acceptors (Lipinski definition) is 4. The van der Waals surface area contributed by atoms with E-state index < -0.39 is 5.82 Å². The highest BCUT2D eigenvalue weighted by molar-refractivity contribution is 5.81. The summed E-state index contributed by atoms with van der Waals surface area (Å²) in [4.78, 5) is 11.5. The molecule has 1 fully saturated rings. The molecule has 0 bridgehead atoms. The molecule has 0 spiro atoms. The van der Waals surface area contributed by atoms with Crippen LogP contribution in [0.4, 0.5) is 4.39 Å². The lowest BCUT2D eigenvalue weighted by Gasteiger charge is -2.32. The van der Waals surface area contributed by atoms with E-state index in [0.29, 0.717) is 11.5 Å². The second kappa shape index (κ2) is 6.22. The van der Waals surface area contributed by atoms with Gasteiger partial charge in [-0.05, 0) is 12.8 Å². The van der Waals surface area contributed by atoms with E-state index in [1.807, 2.05) is 0 Å². The fourth-order valence-electron chi connectivity index (χ4n) is 1.90. The molecule has 0 atom stereocenters. The van der Waals surface area contributed by atoms with Crippen molar-refractivity contribution in [1.82, 2.24) is 0 Å². The van der Waals surface area contributed by atoms with Gasteiger partial charge >= 0.3 is 0 Å². The normalized spacial score (nSPS) is 21.4. The molecule has 2 N–H and O–H groups in total. The predicted octanol–water partition coefficient (Wildman–Crippen LogP) is 2.30. The molecule has 2 rings (SSSR count). The molecule has 1 saturated carbocycles. The molecule has 4 nitrogen and oxygen atoms in total. The van der Waals surface area contributed by atoms with E-state index in [0.717, 1.165) is 12.8 Å². The third kappa shape index (κ3) is 3.93. The predicted molar refractivity (Wildman–Crippen MR) is 73.4 cm³/mol. The second-order valence-electron chi connectivity index (χ2n) is 5.50. The minimum absolute atomic E-state index is 0.0262. The highest BCUT2D eigenvalue weighted by Crippen LogP contribution is 2.28. The van der Waals surface area contributed by atoms with Gasteiger partial charge in [0, 0.05) is 30.2 Å². The summed E-state index contributed by atoms with van der Waals surface area (Å²) in [6.45, 7) is 3.53. The van der Waals surface area contributed by atoms with Crippen LogP contribution < -0.4 is 15.2 Å². The quantitative estimate of drug-likeness (QED) is 0.869. The van der Waals surface area contributed by atoms with Gasteiger partial charge in [0.2, 0.25) is 0 Å². The average Bonchev–Trinajstić information content (AvgIpc) is 2.33. The Bertz CT molecular complexity index is 484. The van der Waals surface area contributed by atoms with Gasteiger partial charge in [0.05, 0.1) is 0 Å². The van der Waals surface area contributed by atoms with E-state index in [1.54, 1.807) is 19.9 Å². The van der Waals surface area contributed by atoms with Gasteiger partial charge in [-0.1, -0.05) is 13.8 Å². The van der Waals surface area contributed by atoms with Gasteiger partial charge in [-0.2, -0.15) is 0 Å². The molecule has 0 saturated heterocycles. The van der Waals surface area contributed by atoms with Crippen LogP contribution >= 0.6 is 0 Å². The summed E-state index contributed by atoms with van der Waals surface area (Å²) in [7, 11) is 0. The first kappa shape index (κ1) is 14.8. The lowest BCUT2D eigenvalue weighted by molar-refractivity contribution is -0.123. The summed E-state index contributed by atoms with van der Waals surface area (Å²) in [5.74, 6) is 0.141. The number of benzene rings is 1. The van der Waals surface area contributed by atoms with Crippen molar-refractivity contribution in [2.75, 3.05) is 6.61 Å². The van der Waals surface area contributed by atoms with E-state index >= 15 is 0 Å². The minimum atomic E-state index is -0.446. The standard InChI is InChI=1S/C15H20FNO3/c1-9(2)15(18)8-19-12-3-10(16)4-13(7-12)20-14-5-11(17)6-14/h3-4,7,9,11,14H,5-6,8,17H2,1-2H3/t11-,14+. The Morgan fingerprint density at radius 2 is 2.00 bits per heavy atom. The number of carbonyl (C=O) groups is 1. The zero-order valence-electron chi connectivity index (χ0n) is 11.8. The highest BCUT2D eigenvalue weighted by atomic mass is 19.1. The topological polar surface area (TPSA) is 61.5 Å². The van der Waals surface area contributed by atoms with Gasteiger partial charge in [-0.3, -0.25) is 4.79 Å². The second-order valence-corrected chi connectivity index (χ2v) is 5.50. The van der Waals surface area contributed by atoms with E-state index in [9.17, 15) is 9.18 Å². The van der Waals surface area contributed by atoms with Crippen LogP contribution in [0.25, 0.3) is 0 Å². The molecule has 1 aliphatic carbocycles. The molecule has 1 aromatic rings. The smallest absolute Gasteiger partial charge is 0.172 e. The lowest BCUT2D eigenvalue weighted by atomic mass is 9.90. The number of ether oxygens (including phenoxy) is 2. The van der Waals surface area contributed by atoms with E-state index in [2.05, 4.69) is 0 Å². The number of Topliss-reactive ketones (excluding diaryl/α,β-unsaturated/α-hetero) is 1. The van der Waals surface area contributed by atoms with Crippen LogP contribution in [0.2, 0.25) is 0 Å². The van der Waals surface area contributed by atoms with Gasteiger partial charge in [0.1, 0.15) is 30.0 Å². The molecule has 0 aromatic heterocycles. The molecule has 1 aromatic carbocycles. The number of rotatable bonds is 6. The fraction of sp³-hybridized carbons (Fsp3) is 0.533. The Morgan fingerprint density at radius 1 is 1.35 bits per heavy atom. The highest BCUT2D eigenvalue weighted by Gasteiger charge is 2.27. The van der Waals surface area contributed by atoms with Gasteiger partial charge in [0.15, 0.2) is 5.78 Å². The van der Waals surface area contributed by atoms with Crippen molar-refractivity contribution in [3.63, 3.8) is 0 Å². The summed E-state index contributed by atoms with van der Waals surface area (Å²) in [5.41, 5.74) is 5.68. The van der Waals surface area contributed by atoms with E-state index in [4.69, 9.17) is 15.2 Å². The Morgan fingerprint density at radius 3 is 2.60 bits per heavy atom. The van der Waals surface area contributed by atoms with Crippen LogP contribution in [-0.4, -0.2) is 24.5 Å². The molecule has 0 amide bonds. The monoisotopic (exact) mass is 281 g/mol. The van der Waals surface area contributed by atoms with E-state index in [-0.39, 0.29) is 30.5 Å². The largest absolute Gasteiger partial charge is 0.490 e. The van der Waals surface area contributed by atoms with Crippen molar-refractivity contribution in [2.24, 2.45) is 11.7 Å². The first-order valence-corrected chi connectivity index (χ1v) is 6.82. The van der Waals surface area contributed by atoms with Gasteiger partial charge in [0.25, 0.3) is 0 Å². The van der Waals surface area contributed by atoms with Crippen molar-refractivity contribution in [2.45, 2.75) is 38.8 Å². The molecule has 0 aliphatic heterocycles. The van der Waals surface area contributed by atoms with Gasteiger partial charge in [-0.15, -0.1) is 0 Å².